The first-order chi connectivity index (χ1) is 14.2. The van der Waals surface area contributed by atoms with Gasteiger partial charge in [0.1, 0.15) is 0 Å². The monoisotopic (exact) mass is 414 g/mol. The smallest absolute Gasteiger partial charge is 0.185 e. The molecule has 1 aromatic carbocycles. The van der Waals surface area contributed by atoms with Crippen molar-refractivity contribution in [2.75, 3.05) is 32.5 Å². The Balaban J connectivity index is 1.72. The molecule has 1 aliphatic rings. The minimum atomic E-state index is -0.917. The van der Waals surface area contributed by atoms with Crippen molar-refractivity contribution >= 4 is 11.5 Å². The van der Waals surface area contributed by atoms with Crippen LogP contribution in [-0.2, 0) is 0 Å². The Morgan fingerprint density at radius 3 is 2.53 bits per heavy atom. The average molecular weight is 415 g/mol. The number of benzene rings is 1. The lowest BCUT2D eigenvalue weighted by Gasteiger charge is -2.31. The maximum Gasteiger partial charge on any atom is 0.185 e. The molecular weight excluding hydrogens is 386 g/mol. The van der Waals surface area contributed by atoms with Crippen LogP contribution in [0.25, 0.3) is 17.0 Å². The maximum absolute atomic E-state index is 13.8. The Labute approximate surface area is 175 Å². The van der Waals surface area contributed by atoms with Gasteiger partial charge >= 0.3 is 0 Å². The quantitative estimate of drug-likeness (QED) is 0.623. The summed E-state index contributed by atoms with van der Waals surface area (Å²) < 4.78 is 28.7. The highest BCUT2D eigenvalue weighted by molar-refractivity contribution is 5.62. The molecule has 1 fully saturated rings. The predicted molar refractivity (Wildman–Crippen MR) is 114 cm³/mol. The second-order valence-corrected chi connectivity index (χ2v) is 9.25. The molecule has 0 bridgehead atoms. The van der Waals surface area contributed by atoms with E-state index in [0.29, 0.717) is 23.0 Å². The molecule has 160 valence electrons. The third kappa shape index (κ3) is 4.14. The number of hydrogen-bond donors (Lipinski definition) is 1. The fourth-order valence-electron chi connectivity index (χ4n) is 4.06. The van der Waals surface area contributed by atoms with Crippen LogP contribution in [0.2, 0.25) is 0 Å². The summed E-state index contributed by atoms with van der Waals surface area (Å²) in [6, 6.07) is 5.73. The van der Waals surface area contributed by atoms with Crippen LogP contribution >= 0.6 is 0 Å². The normalized spacial score (nSPS) is 15.0. The van der Waals surface area contributed by atoms with Crippen LogP contribution in [0.3, 0.4) is 0 Å². The van der Waals surface area contributed by atoms with Crippen molar-refractivity contribution in [2.45, 2.75) is 39.0 Å². The summed E-state index contributed by atoms with van der Waals surface area (Å²) in [6.07, 6.45) is 3.49. The number of halogens is 2. The molecule has 8 heteroatoms. The Morgan fingerprint density at radius 1 is 1.13 bits per heavy atom. The molecule has 0 atom stereocenters. The van der Waals surface area contributed by atoms with Crippen LogP contribution in [0.4, 0.5) is 14.6 Å². The second kappa shape index (κ2) is 7.91. The van der Waals surface area contributed by atoms with Gasteiger partial charge in [-0.15, -0.1) is 15.3 Å². The van der Waals surface area contributed by atoms with Crippen LogP contribution in [0, 0.1) is 17.0 Å². The largest absolute Gasteiger partial charge is 0.368 e. The van der Waals surface area contributed by atoms with Crippen molar-refractivity contribution in [3.8, 4) is 11.4 Å². The molecule has 1 saturated carbocycles. The molecule has 0 saturated heterocycles. The molecule has 1 N–H and O–H groups in total. The molecule has 6 nitrogen and oxygen atoms in total. The molecule has 0 radical (unpaired) electrons. The third-order valence-electron chi connectivity index (χ3n) is 5.62. The van der Waals surface area contributed by atoms with Crippen LogP contribution in [0.15, 0.2) is 24.3 Å². The van der Waals surface area contributed by atoms with E-state index in [4.69, 9.17) is 5.10 Å². The minimum Gasteiger partial charge on any atom is -0.368 e. The van der Waals surface area contributed by atoms with Gasteiger partial charge in [-0.25, -0.2) is 8.78 Å². The topological polar surface area (TPSA) is 58.4 Å². The number of aromatic nitrogens is 4. The second-order valence-electron chi connectivity index (χ2n) is 9.25. The Bertz CT molecular complexity index is 1060. The predicted octanol–water partition coefficient (Wildman–Crippen LogP) is 4.34. The summed E-state index contributed by atoms with van der Waals surface area (Å²) in [7, 11) is 4.13. The summed E-state index contributed by atoms with van der Waals surface area (Å²) in [5.41, 5.74) is 2.24. The van der Waals surface area contributed by atoms with E-state index < -0.39 is 11.6 Å². The van der Waals surface area contributed by atoms with E-state index in [1.807, 2.05) is 6.07 Å². The fraction of sp³-hybridized carbons (Fsp3) is 0.500. The number of anilines is 1. The van der Waals surface area contributed by atoms with Crippen LogP contribution in [0.1, 0.15) is 44.6 Å². The van der Waals surface area contributed by atoms with Gasteiger partial charge in [-0.3, -0.25) is 0 Å². The SMILES string of the molecule is CN(C)CC(C)(C)CNc1nn2c(-c3ccc(F)c(F)c3)nnc2cc1C1CCC1. The van der Waals surface area contributed by atoms with Gasteiger partial charge in [0.25, 0.3) is 0 Å². The molecule has 0 aliphatic heterocycles. The van der Waals surface area contributed by atoms with Gasteiger partial charge in [-0.2, -0.15) is 4.52 Å². The number of nitrogens with zero attached hydrogens (tertiary/aromatic N) is 5. The number of rotatable bonds is 7. The van der Waals surface area contributed by atoms with Gasteiger partial charge in [-0.1, -0.05) is 20.3 Å². The molecule has 1 aliphatic carbocycles. The highest BCUT2D eigenvalue weighted by Crippen LogP contribution is 2.40. The molecule has 2 heterocycles. The lowest BCUT2D eigenvalue weighted by atomic mass is 9.80. The molecule has 4 rings (SSSR count). The molecule has 0 amide bonds. The first kappa shape index (κ1) is 20.7. The summed E-state index contributed by atoms with van der Waals surface area (Å²) in [6.45, 7) is 6.12. The van der Waals surface area contributed by atoms with Crippen molar-refractivity contribution in [1.29, 1.82) is 0 Å². The number of hydrogen-bond acceptors (Lipinski definition) is 5. The first-order valence-corrected chi connectivity index (χ1v) is 10.3. The molecule has 3 aromatic rings. The highest BCUT2D eigenvalue weighted by atomic mass is 19.2. The van der Waals surface area contributed by atoms with Gasteiger partial charge in [0.15, 0.2) is 28.9 Å². The van der Waals surface area contributed by atoms with Gasteiger partial charge in [0.05, 0.1) is 0 Å². The van der Waals surface area contributed by atoms with Gasteiger partial charge in [0.2, 0.25) is 0 Å². The zero-order valence-electron chi connectivity index (χ0n) is 17.9. The summed E-state index contributed by atoms with van der Waals surface area (Å²) in [5, 5.41) is 16.8. The van der Waals surface area contributed by atoms with E-state index >= 15 is 0 Å². The van der Waals surface area contributed by atoms with E-state index in [2.05, 4.69) is 48.4 Å². The zero-order valence-corrected chi connectivity index (χ0v) is 17.9. The summed E-state index contributed by atoms with van der Waals surface area (Å²) in [5.74, 6) is -0.148. The van der Waals surface area contributed by atoms with E-state index in [0.717, 1.165) is 49.4 Å². The molecule has 0 unspecified atom stereocenters. The van der Waals surface area contributed by atoms with E-state index in [9.17, 15) is 8.78 Å². The Kier molecular flexibility index (Phi) is 5.44. The van der Waals surface area contributed by atoms with E-state index in [1.54, 1.807) is 4.52 Å². The molecular formula is C22H28F2N6. The first-order valence-electron chi connectivity index (χ1n) is 10.3. The Hall–Kier alpha value is -2.61. The third-order valence-corrected chi connectivity index (χ3v) is 5.62. The van der Waals surface area contributed by atoms with Crippen LogP contribution < -0.4 is 5.32 Å². The number of fused-ring (bicyclic) bond motifs is 1. The summed E-state index contributed by atoms with van der Waals surface area (Å²) >= 11 is 0. The molecule has 30 heavy (non-hydrogen) atoms. The van der Waals surface area contributed by atoms with E-state index in [-0.39, 0.29) is 5.41 Å². The van der Waals surface area contributed by atoms with Crippen molar-refractivity contribution in [1.82, 2.24) is 24.7 Å². The highest BCUT2D eigenvalue weighted by Gasteiger charge is 2.27. The molecule has 2 aromatic heterocycles. The van der Waals surface area contributed by atoms with Crippen molar-refractivity contribution in [2.24, 2.45) is 5.41 Å². The van der Waals surface area contributed by atoms with E-state index in [1.165, 1.54) is 12.5 Å². The maximum atomic E-state index is 13.8. The minimum absolute atomic E-state index is 0.0487. The van der Waals surface area contributed by atoms with Gasteiger partial charge < -0.3 is 10.2 Å². The summed E-state index contributed by atoms with van der Waals surface area (Å²) in [4.78, 5) is 2.17. The average Bonchev–Trinajstić information content (AvgIpc) is 3.02. The Morgan fingerprint density at radius 2 is 1.90 bits per heavy atom. The van der Waals surface area contributed by atoms with Crippen molar-refractivity contribution in [3.05, 3.63) is 41.5 Å². The lowest BCUT2D eigenvalue weighted by molar-refractivity contribution is 0.254. The lowest BCUT2D eigenvalue weighted by Crippen LogP contribution is -2.35. The van der Waals surface area contributed by atoms with Crippen molar-refractivity contribution < 1.29 is 8.78 Å². The molecule has 0 spiro atoms. The van der Waals surface area contributed by atoms with Gasteiger partial charge in [0, 0.05) is 24.2 Å². The van der Waals surface area contributed by atoms with Crippen LogP contribution in [0.5, 0.6) is 0 Å². The number of nitrogens with one attached hydrogen (secondary N) is 1. The zero-order chi connectivity index (χ0) is 21.5. The fourth-order valence-corrected chi connectivity index (χ4v) is 4.06. The van der Waals surface area contributed by atoms with Crippen molar-refractivity contribution in [3.63, 3.8) is 0 Å². The standard InChI is InChI=1S/C22H28F2N6/c1-22(2,13-29(3)4)12-25-20-16(14-6-5-7-14)11-19-26-27-21(30(19)28-20)15-8-9-17(23)18(24)10-15/h8-11,14H,5-7,12-13H2,1-4H3,(H,25,28). The van der Waals surface area contributed by atoms with Crippen LogP contribution in [-0.4, -0.2) is 51.9 Å². The van der Waals surface area contributed by atoms with Gasteiger partial charge in [-0.05, 0) is 62.5 Å².